The maximum atomic E-state index is 12.8. The van der Waals surface area contributed by atoms with Crippen LogP contribution >= 0.6 is 0 Å². The number of benzene rings is 1. The van der Waals surface area contributed by atoms with Crippen molar-refractivity contribution in [3.05, 3.63) is 23.8 Å². The minimum Gasteiger partial charge on any atom is -0.492 e. The van der Waals surface area contributed by atoms with Crippen molar-refractivity contribution in [1.29, 1.82) is 0 Å². The molecule has 1 aromatic carbocycles. The predicted octanol–water partition coefficient (Wildman–Crippen LogP) is 2.76. The Bertz CT molecular complexity index is 562. The van der Waals surface area contributed by atoms with Crippen LogP contribution in [-0.2, 0) is 0 Å². The van der Waals surface area contributed by atoms with Gasteiger partial charge in [0.15, 0.2) is 0 Å². The fourth-order valence-electron chi connectivity index (χ4n) is 3.85. The van der Waals surface area contributed by atoms with Crippen LogP contribution in [0.2, 0.25) is 0 Å². The summed E-state index contributed by atoms with van der Waals surface area (Å²) < 4.78 is 5.51. The van der Waals surface area contributed by atoms with Crippen LogP contribution in [0.25, 0.3) is 0 Å². The molecule has 24 heavy (non-hydrogen) atoms. The van der Waals surface area contributed by atoms with Gasteiger partial charge < -0.3 is 20.3 Å². The smallest absolute Gasteiger partial charge is 0.253 e. The summed E-state index contributed by atoms with van der Waals surface area (Å²) in [6.45, 7) is 6.60. The number of hydrogen-bond acceptors (Lipinski definition) is 4. The first-order valence-corrected chi connectivity index (χ1v) is 9.24. The third-order valence-corrected chi connectivity index (χ3v) is 5.22. The van der Waals surface area contributed by atoms with Crippen LogP contribution in [0, 0.1) is 0 Å². The van der Waals surface area contributed by atoms with Gasteiger partial charge in [-0.1, -0.05) is 6.42 Å². The number of nitrogens with zero attached hydrogens (tertiary/aromatic N) is 2. The second-order valence-electron chi connectivity index (χ2n) is 6.81. The molecular weight excluding hydrogens is 302 g/mol. The number of ether oxygens (including phenoxy) is 1. The Morgan fingerprint density at radius 2 is 1.88 bits per heavy atom. The maximum absolute atomic E-state index is 12.8. The van der Waals surface area contributed by atoms with Gasteiger partial charge in [0.25, 0.3) is 5.91 Å². The van der Waals surface area contributed by atoms with E-state index in [1.165, 1.54) is 32.4 Å². The van der Waals surface area contributed by atoms with Gasteiger partial charge in [-0.3, -0.25) is 4.79 Å². The molecule has 2 aliphatic rings. The molecule has 0 radical (unpaired) electrons. The highest BCUT2D eigenvalue weighted by Crippen LogP contribution is 2.25. The van der Waals surface area contributed by atoms with Gasteiger partial charge in [-0.2, -0.15) is 0 Å². The zero-order valence-electron chi connectivity index (χ0n) is 14.7. The lowest BCUT2D eigenvalue weighted by Gasteiger charge is -2.40. The first-order chi connectivity index (χ1) is 11.7. The fourth-order valence-corrected chi connectivity index (χ4v) is 3.85. The van der Waals surface area contributed by atoms with Crippen molar-refractivity contribution in [2.45, 2.75) is 45.1 Å². The maximum Gasteiger partial charge on any atom is 0.253 e. The Labute approximate surface area is 144 Å². The monoisotopic (exact) mass is 331 g/mol. The first-order valence-electron chi connectivity index (χ1n) is 9.24. The average molecular weight is 331 g/mol. The summed E-state index contributed by atoms with van der Waals surface area (Å²) in [5, 5.41) is 0. The standard InChI is InChI=1S/C19H29N3O2/c1-2-24-18-14-15(6-7-17(18)20)19(23)22-12-8-16(9-13-22)21-10-4-3-5-11-21/h6-7,14,16H,2-5,8-13,20H2,1H3. The van der Waals surface area contributed by atoms with Crippen molar-refractivity contribution in [1.82, 2.24) is 9.80 Å². The fraction of sp³-hybridized carbons (Fsp3) is 0.632. The molecule has 0 saturated carbocycles. The molecule has 5 heteroatoms. The number of amides is 1. The van der Waals surface area contributed by atoms with E-state index in [0.29, 0.717) is 29.6 Å². The van der Waals surface area contributed by atoms with Crippen LogP contribution in [0.5, 0.6) is 5.75 Å². The van der Waals surface area contributed by atoms with Crippen LogP contribution in [0.15, 0.2) is 18.2 Å². The molecule has 0 bridgehead atoms. The van der Waals surface area contributed by atoms with Crippen molar-refractivity contribution in [2.75, 3.05) is 38.5 Å². The van der Waals surface area contributed by atoms with Gasteiger partial charge in [-0.15, -0.1) is 0 Å². The minimum absolute atomic E-state index is 0.0908. The lowest BCUT2D eigenvalue weighted by molar-refractivity contribution is 0.0589. The van der Waals surface area contributed by atoms with Gasteiger partial charge >= 0.3 is 0 Å². The van der Waals surface area contributed by atoms with Crippen molar-refractivity contribution >= 4 is 11.6 Å². The van der Waals surface area contributed by atoms with Crippen LogP contribution in [0.4, 0.5) is 5.69 Å². The highest BCUT2D eigenvalue weighted by atomic mass is 16.5. The lowest BCUT2D eigenvalue weighted by atomic mass is 9.99. The molecule has 0 unspecified atom stereocenters. The molecular formula is C19H29N3O2. The van der Waals surface area contributed by atoms with E-state index in [2.05, 4.69) is 4.90 Å². The Morgan fingerprint density at radius 1 is 1.17 bits per heavy atom. The minimum atomic E-state index is 0.0908. The van der Waals surface area contributed by atoms with Gasteiger partial charge in [0.2, 0.25) is 0 Å². The molecule has 2 fully saturated rings. The van der Waals surface area contributed by atoms with Crippen molar-refractivity contribution in [3.63, 3.8) is 0 Å². The van der Waals surface area contributed by atoms with E-state index < -0.39 is 0 Å². The zero-order chi connectivity index (χ0) is 16.9. The molecule has 0 aliphatic carbocycles. The highest BCUT2D eigenvalue weighted by molar-refractivity contribution is 5.95. The molecule has 0 aromatic heterocycles. The number of carbonyl (C=O) groups excluding carboxylic acids is 1. The average Bonchev–Trinajstić information content (AvgIpc) is 2.64. The molecule has 0 spiro atoms. The van der Waals surface area contributed by atoms with E-state index in [1.807, 2.05) is 11.8 Å². The van der Waals surface area contributed by atoms with Crippen molar-refractivity contribution in [2.24, 2.45) is 0 Å². The van der Waals surface area contributed by atoms with Crippen molar-refractivity contribution in [3.8, 4) is 5.75 Å². The van der Waals surface area contributed by atoms with Gasteiger partial charge in [0.05, 0.1) is 12.3 Å². The van der Waals surface area contributed by atoms with E-state index in [4.69, 9.17) is 10.5 Å². The van der Waals surface area contributed by atoms with E-state index in [-0.39, 0.29) is 5.91 Å². The van der Waals surface area contributed by atoms with Crippen LogP contribution in [0.3, 0.4) is 0 Å². The third kappa shape index (κ3) is 3.83. The number of carbonyl (C=O) groups is 1. The first kappa shape index (κ1) is 17.1. The summed E-state index contributed by atoms with van der Waals surface area (Å²) in [5.74, 6) is 0.694. The van der Waals surface area contributed by atoms with E-state index in [0.717, 1.165) is 25.9 Å². The number of piperidine rings is 2. The highest BCUT2D eigenvalue weighted by Gasteiger charge is 2.28. The SMILES string of the molecule is CCOc1cc(C(=O)N2CCC(N3CCCCC3)CC2)ccc1N. The molecule has 5 nitrogen and oxygen atoms in total. The van der Waals surface area contributed by atoms with E-state index in [9.17, 15) is 4.79 Å². The molecule has 2 heterocycles. The number of anilines is 1. The number of nitrogens with two attached hydrogens (primary N) is 1. The molecule has 2 saturated heterocycles. The largest absolute Gasteiger partial charge is 0.492 e. The number of hydrogen-bond donors (Lipinski definition) is 1. The quantitative estimate of drug-likeness (QED) is 0.862. The molecule has 3 rings (SSSR count). The van der Waals surface area contributed by atoms with Gasteiger partial charge in [-0.25, -0.2) is 0 Å². The Hall–Kier alpha value is -1.75. The van der Waals surface area contributed by atoms with Gasteiger partial charge in [-0.05, 0) is 63.9 Å². The second-order valence-corrected chi connectivity index (χ2v) is 6.81. The summed E-state index contributed by atoms with van der Waals surface area (Å²) in [6.07, 6.45) is 6.18. The molecule has 132 valence electrons. The predicted molar refractivity (Wildman–Crippen MR) is 96.4 cm³/mol. The zero-order valence-corrected chi connectivity index (χ0v) is 14.7. The summed E-state index contributed by atoms with van der Waals surface area (Å²) in [7, 11) is 0. The molecule has 0 atom stereocenters. The Morgan fingerprint density at radius 3 is 2.54 bits per heavy atom. The van der Waals surface area contributed by atoms with E-state index in [1.54, 1.807) is 18.2 Å². The number of likely N-dealkylation sites (tertiary alicyclic amines) is 2. The van der Waals surface area contributed by atoms with E-state index >= 15 is 0 Å². The molecule has 1 aromatic rings. The van der Waals surface area contributed by atoms with Crippen molar-refractivity contribution < 1.29 is 9.53 Å². The van der Waals surface area contributed by atoms with Crippen LogP contribution < -0.4 is 10.5 Å². The van der Waals surface area contributed by atoms with Gasteiger partial charge in [0.1, 0.15) is 5.75 Å². The van der Waals surface area contributed by atoms with Crippen LogP contribution in [-0.4, -0.2) is 54.5 Å². The topological polar surface area (TPSA) is 58.8 Å². The second kappa shape index (κ2) is 7.88. The molecule has 1 amide bonds. The van der Waals surface area contributed by atoms with Crippen LogP contribution in [0.1, 0.15) is 49.4 Å². The summed E-state index contributed by atoms with van der Waals surface area (Å²) in [5.41, 5.74) is 7.15. The normalized spacial score (nSPS) is 20.1. The Balaban J connectivity index is 1.59. The summed E-state index contributed by atoms with van der Waals surface area (Å²) in [6, 6.07) is 5.99. The molecule has 2 N–H and O–H groups in total. The van der Waals surface area contributed by atoms with Gasteiger partial charge in [0, 0.05) is 24.7 Å². The summed E-state index contributed by atoms with van der Waals surface area (Å²) >= 11 is 0. The third-order valence-electron chi connectivity index (χ3n) is 5.22. The number of nitrogen functional groups attached to an aromatic ring is 1. The number of rotatable bonds is 4. The Kier molecular flexibility index (Phi) is 5.61. The summed E-state index contributed by atoms with van der Waals surface area (Å²) in [4.78, 5) is 17.4. The molecule has 2 aliphatic heterocycles. The lowest BCUT2D eigenvalue weighted by Crippen LogP contribution is -2.48.